The maximum Gasteiger partial charge on any atom is 0.164 e. The first-order valence-electron chi connectivity index (χ1n) is 44.6. The standard InChI is InChI=1S/C120H70N10O2/c1-4-25-71(26-5-1)72-47-49-74(50-48-72)115-121-116(123-118(122-115)83-62-99-93-40-18-22-45-111(93)131-113(99)109(69-83)129-102-44-21-17-39-89(102)96-59-75-28-10-12-30-77(75)64-107(96)129)81-53-57-92-91-55-51-80(66-104(91)128(106(92)68-81)86-35-8-3-9-36-86)79-54-58-103-97(61-79)98-60-76-29-11-13-31-78(76)65-108(98)130(103)110-70-84(63-100-94-41-19-23-46-112(94)132-114(100)110)119-124-117(125-120(126-119)95-42-24-32-73-27-14-15-37-87(73)95)82-52-56-90-88-38-16-20-43-101(88)127(105(90)67-82)85-33-6-2-7-34-85/h1-70H. The van der Waals surface area contributed by atoms with Gasteiger partial charge in [0.1, 0.15) is 11.2 Å². The van der Waals surface area contributed by atoms with E-state index in [-0.39, 0.29) is 0 Å². The fourth-order valence-corrected chi connectivity index (χ4v) is 20.8. The first kappa shape index (κ1) is 73.2. The molecule has 0 fully saturated rings. The van der Waals surface area contributed by atoms with Crippen molar-refractivity contribution in [2.24, 2.45) is 0 Å². The molecule has 0 amide bonds. The highest BCUT2D eigenvalue weighted by Gasteiger charge is 2.28. The van der Waals surface area contributed by atoms with E-state index in [0.717, 1.165) is 231 Å². The van der Waals surface area contributed by atoms with Gasteiger partial charge in [0.25, 0.3) is 0 Å². The molecule has 0 saturated heterocycles. The Labute approximate surface area is 753 Å². The molecule has 12 nitrogen and oxygen atoms in total. The topological polar surface area (TPSA) is 123 Å². The fraction of sp³-hybridized carbons (Fsp3) is 0. The third-order valence-electron chi connectivity index (χ3n) is 27.0. The summed E-state index contributed by atoms with van der Waals surface area (Å²) in [5.74, 6) is 3.24. The molecule has 8 aromatic heterocycles. The second kappa shape index (κ2) is 28.8. The van der Waals surface area contributed by atoms with E-state index in [1.165, 1.54) is 10.8 Å². The fourth-order valence-electron chi connectivity index (χ4n) is 20.8. The van der Waals surface area contributed by atoms with Crippen LogP contribution in [0.15, 0.2) is 433 Å². The molecule has 0 bridgehead atoms. The molecule has 0 aliphatic heterocycles. The lowest BCUT2D eigenvalue weighted by atomic mass is 10.00. The first-order valence-corrected chi connectivity index (χ1v) is 44.6. The zero-order chi connectivity index (χ0) is 86.3. The summed E-state index contributed by atoms with van der Waals surface area (Å²) in [6, 6.07) is 152. The van der Waals surface area contributed by atoms with Crippen LogP contribution < -0.4 is 0 Å². The van der Waals surface area contributed by atoms with E-state index in [2.05, 4.69) is 425 Å². The van der Waals surface area contributed by atoms with Crippen LogP contribution in [0.5, 0.6) is 0 Å². The second-order valence-corrected chi connectivity index (χ2v) is 34.4. The third-order valence-corrected chi connectivity index (χ3v) is 27.0. The molecule has 0 N–H and O–H groups in total. The summed E-state index contributed by atoms with van der Waals surface area (Å²) in [5, 5.41) is 19.6. The highest BCUT2D eigenvalue weighted by molar-refractivity contribution is 6.20. The number of rotatable bonds is 12. The molecule has 0 unspecified atom stereocenters. The molecule has 132 heavy (non-hydrogen) atoms. The van der Waals surface area contributed by atoms with E-state index >= 15 is 0 Å². The summed E-state index contributed by atoms with van der Waals surface area (Å²) in [6.07, 6.45) is 0. The van der Waals surface area contributed by atoms with E-state index in [0.29, 0.717) is 34.9 Å². The Morgan fingerprint density at radius 2 is 0.485 bits per heavy atom. The van der Waals surface area contributed by atoms with Gasteiger partial charge in [0.2, 0.25) is 0 Å². The Balaban J connectivity index is 0.619. The Hall–Kier alpha value is -18.0. The number of furan rings is 2. The van der Waals surface area contributed by atoms with Gasteiger partial charge in [0.15, 0.2) is 46.1 Å². The van der Waals surface area contributed by atoms with Crippen molar-refractivity contribution < 1.29 is 8.83 Å². The van der Waals surface area contributed by atoms with Crippen LogP contribution in [0.25, 0.3) is 277 Å². The lowest BCUT2D eigenvalue weighted by Gasteiger charge is -2.14. The third kappa shape index (κ3) is 11.5. The van der Waals surface area contributed by atoms with Gasteiger partial charge >= 0.3 is 0 Å². The minimum Gasteiger partial charge on any atom is -0.454 e. The zero-order valence-electron chi connectivity index (χ0n) is 70.7. The molecule has 0 radical (unpaired) electrons. The van der Waals surface area contributed by atoms with Crippen molar-refractivity contribution in [3.63, 3.8) is 0 Å². The van der Waals surface area contributed by atoms with E-state index in [4.69, 9.17) is 38.7 Å². The minimum atomic E-state index is 0.523. The van der Waals surface area contributed by atoms with E-state index < -0.39 is 0 Å². The summed E-state index contributed by atoms with van der Waals surface area (Å²) in [4.78, 5) is 33.4. The number of aromatic nitrogens is 10. The van der Waals surface area contributed by atoms with Crippen molar-refractivity contribution in [2.45, 2.75) is 0 Å². The quantitative estimate of drug-likeness (QED) is 0.118. The SMILES string of the molecule is c1ccc(-c2ccc(-c3nc(-c4cc(-n5c6ccccc6c6cc7ccccc7cc65)c5oc6ccccc6c5c4)nc(-c4ccc5c6ccc(-c7ccc8c(c7)c7cc9ccccc9cc7n8-c7cc(-c8nc(-c9ccc%10c%11ccccc%11n(-c%11ccccc%11)c%10c9)nc(-c9cccc%10ccccc9%10)n8)cc8c7oc7ccccc78)cc6n(-c6ccccc6)c5c4)n3)cc2)cc1. The highest BCUT2D eigenvalue weighted by Crippen LogP contribution is 2.48. The van der Waals surface area contributed by atoms with Gasteiger partial charge in [-0.25, -0.2) is 29.9 Å². The summed E-state index contributed by atoms with van der Waals surface area (Å²) in [7, 11) is 0. The molecule has 28 rings (SSSR count). The van der Waals surface area contributed by atoms with Crippen LogP contribution in [0.1, 0.15) is 0 Å². The molecular formula is C120H70N10O2. The molecule has 0 atom stereocenters. The molecule has 0 saturated carbocycles. The smallest absolute Gasteiger partial charge is 0.164 e. The first-order chi connectivity index (χ1) is 65.4. The van der Waals surface area contributed by atoms with Crippen molar-refractivity contribution in [2.75, 3.05) is 0 Å². The molecule has 612 valence electrons. The molecule has 20 aromatic carbocycles. The maximum absolute atomic E-state index is 7.21. The number of benzene rings is 20. The number of hydrogen-bond acceptors (Lipinski definition) is 8. The lowest BCUT2D eigenvalue weighted by molar-refractivity contribution is 0.666. The Morgan fingerprint density at radius 3 is 1.03 bits per heavy atom. The van der Waals surface area contributed by atoms with E-state index in [1.807, 2.05) is 18.2 Å². The van der Waals surface area contributed by atoms with Gasteiger partial charge in [-0.2, -0.15) is 0 Å². The van der Waals surface area contributed by atoms with Gasteiger partial charge in [-0.1, -0.05) is 297 Å². The predicted octanol–water partition coefficient (Wildman–Crippen LogP) is 31.0. The number of fused-ring (bicyclic) bond motifs is 21. The monoisotopic (exact) mass is 1680 g/mol. The van der Waals surface area contributed by atoms with Crippen molar-refractivity contribution in [1.82, 2.24) is 48.2 Å². The van der Waals surface area contributed by atoms with Gasteiger partial charge in [-0.05, 0) is 182 Å². The largest absolute Gasteiger partial charge is 0.454 e. The van der Waals surface area contributed by atoms with E-state index in [9.17, 15) is 0 Å². The summed E-state index contributed by atoms with van der Waals surface area (Å²) in [5.41, 5.74) is 24.7. The van der Waals surface area contributed by atoms with Gasteiger partial charge in [0.05, 0.1) is 55.5 Å². The van der Waals surface area contributed by atoms with Gasteiger partial charge in [-0.15, -0.1) is 0 Å². The Bertz CT molecular complexity index is 9740. The van der Waals surface area contributed by atoms with Gasteiger partial charge in [-0.3, -0.25) is 0 Å². The Morgan fingerprint density at radius 1 is 0.159 bits per heavy atom. The molecule has 8 heterocycles. The highest BCUT2D eigenvalue weighted by atomic mass is 16.3. The molecular weight excluding hydrogens is 1610 g/mol. The molecule has 0 spiro atoms. The maximum atomic E-state index is 7.21. The zero-order valence-corrected chi connectivity index (χ0v) is 70.7. The van der Waals surface area contributed by atoms with Crippen LogP contribution in [0, 0.1) is 0 Å². The van der Waals surface area contributed by atoms with Crippen LogP contribution in [0.4, 0.5) is 0 Å². The van der Waals surface area contributed by atoms with Crippen LogP contribution in [0.3, 0.4) is 0 Å². The predicted molar refractivity (Wildman–Crippen MR) is 541 cm³/mol. The van der Waals surface area contributed by atoms with Crippen molar-refractivity contribution in [1.29, 1.82) is 0 Å². The summed E-state index contributed by atoms with van der Waals surface area (Å²) < 4.78 is 23.7. The summed E-state index contributed by atoms with van der Waals surface area (Å²) >= 11 is 0. The minimum absolute atomic E-state index is 0.523. The van der Waals surface area contributed by atoms with Gasteiger partial charge in [0, 0.05) is 109 Å². The number of hydrogen-bond donors (Lipinski definition) is 0. The molecule has 12 heteroatoms. The van der Waals surface area contributed by atoms with Crippen LogP contribution in [0.2, 0.25) is 0 Å². The van der Waals surface area contributed by atoms with Crippen LogP contribution >= 0.6 is 0 Å². The second-order valence-electron chi connectivity index (χ2n) is 34.4. The lowest BCUT2D eigenvalue weighted by Crippen LogP contribution is -2.02. The van der Waals surface area contributed by atoms with Gasteiger partial charge < -0.3 is 27.1 Å². The van der Waals surface area contributed by atoms with Crippen molar-refractivity contribution in [3.05, 3.63) is 425 Å². The number of nitrogens with zero attached hydrogens (tertiary/aromatic N) is 10. The van der Waals surface area contributed by atoms with Crippen LogP contribution in [-0.2, 0) is 0 Å². The average Bonchev–Trinajstić information content (AvgIpc) is 1.56. The molecule has 0 aliphatic carbocycles. The van der Waals surface area contributed by atoms with Crippen molar-refractivity contribution >= 4 is 163 Å². The number of para-hydroxylation sites is 6. The summed E-state index contributed by atoms with van der Waals surface area (Å²) in [6.45, 7) is 0. The Kier molecular flexibility index (Phi) is 16.0. The van der Waals surface area contributed by atoms with Crippen molar-refractivity contribution in [3.8, 4) is 113 Å². The molecule has 28 aromatic rings. The average molecular weight is 1680 g/mol. The normalized spacial score (nSPS) is 12.1. The van der Waals surface area contributed by atoms with E-state index in [1.54, 1.807) is 0 Å². The van der Waals surface area contributed by atoms with Crippen LogP contribution in [-0.4, -0.2) is 48.2 Å². The molecule has 0 aliphatic rings.